The number of aliphatic imine (C=N–C) groups is 1. The maximum atomic E-state index is 12.4. The average molecular weight is 361 g/mol. The van der Waals surface area contributed by atoms with Crippen molar-refractivity contribution >= 4 is 29.3 Å². The summed E-state index contributed by atoms with van der Waals surface area (Å²) in [6, 6.07) is 9.33. The van der Waals surface area contributed by atoms with E-state index in [1.165, 1.54) is 0 Å². The fourth-order valence-corrected chi connectivity index (χ4v) is 3.33. The molecule has 2 aliphatic heterocycles. The van der Waals surface area contributed by atoms with E-state index in [2.05, 4.69) is 16.5 Å². The Morgan fingerprint density at radius 1 is 1.37 bits per heavy atom. The van der Waals surface area contributed by atoms with Gasteiger partial charge in [0.1, 0.15) is 17.5 Å². The van der Waals surface area contributed by atoms with Crippen LogP contribution in [0.4, 0.5) is 11.4 Å². The lowest BCUT2D eigenvalue weighted by atomic mass is 9.98. The van der Waals surface area contributed by atoms with Gasteiger partial charge in [-0.15, -0.1) is 9.74 Å². The quantitative estimate of drug-likeness (QED) is 0.500. The summed E-state index contributed by atoms with van der Waals surface area (Å²) in [4.78, 5) is 16.7. The van der Waals surface area contributed by atoms with Gasteiger partial charge in [0.05, 0.1) is 31.3 Å². The maximum absolute atomic E-state index is 12.4. The van der Waals surface area contributed by atoms with Crippen LogP contribution < -0.4 is 9.80 Å². The van der Waals surface area contributed by atoms with Crippen LogP contribution in [-0.2, 0) is 16.1 Å². The number of esters is 1. The summed E-state index contributed by atoms with van der Waals surface area (Å²) in [5.41, 5.74) is 2.53. The monoisotopic (exact) mass is 361 g/mol. The zero-order valence-corrected chi connectivity index (χ0v) is 14.7. The SMILES string of the molecule is CCOC(=O)C1=Cc2cccc(NCc3ccco3)c2[N+]2(C#N)C=CN=C12. The van der Waals surface area contributed by atoms with E-state index in [0.29, 0.717) is 23.6 Å². The first-order valence-electron chi connectivity index (χ1n) is 8.55. The van der Waals surface area contributed by atoms with Crippen LogP contribution >= 0.6 is 0 Å². The van der Waals surface area contributed by atoms with E-state index in [1.807, 2.05) is 30.3 Å². The number of nitrogens with one attached hydrogen (secondary N) is 1. The number of nitrogens with zero attached hydrogens (tertiary/aromatic N) is 3. The Morgan fingerprint density at radius 3 is 3.00 bits per heavy atom. The molecule has 4 rings (SSSR count). The number of quaternary nitrogens is 1. The molecule has 27 heavy (non-hydrogen) atoms. The Morgan fingerprint density at radius 2 is 2.26 bits per heavy atom. The van der Waals surface area contributed by atoms with E-state index < -0.39 is 5.97 Å². The minimum Gasteiger partial charge on any atom is -0.467 e. The summed E-state index contributed by atoms with van der Waals surface area (Å²) in [6.07, 6.45) is 8.86. The summed E-state index contributed by atoms with van der Waals surface area (Å²) < 4.78 is 10.2. The number of anilines is 1. The molecule has 0 saturated carbocycles. The lowest BCUT2D eigenvalue weighted by Gasteiger charge is -2.29. The zero-order valence-electron chi connectivity index (χ0n) is 14.7. The molecule has 134 valence electrons. The molecule has 1 aromatic heterocycles. The fraction of sp³-hybridized carbons (Fsp3) is 0.150. The molecule has 0 aliphatic carbocycles. The minimum absolute atomic E-state index is 0.251. The highest BCUT2D eigenvalue weighted by atomic mass is 16.5. The lowest BCUT2D eigenvalue weighted by molar-refractivity contribution is -0.137. The molecule has 0 amide bonds. The molecule has 1 unspecified atom stereocenters. The molecule has 0 radical (unpaired) electrons. The van der Waals surface area contributed by atoms with E-state index in [4.69, 9.17) is 9.15 Å². The van der Waals surface area contributed by atoms with Gasteiger partial charge in [-0.1, -0.05) is 6.07 Å². The predicted octanol–water partition coefficient (Wildman–Crippen LogP) is 3.52. The molecule has 0 bridgehead atoms. The summed E-state index contributed by atoms with van der Waals surface area (Å²) >= 11 is 0. The molecule has 3 heterocycles. The van der Waals surface area contributed by atoms with Crippen molar-refractivity contribution in [1.82, 2.24) is 4.48 Å². The predicted molar refractivity (Wildman–Crippen MR) is 101 cm³/mol. The number of hydrogen-bond donors (Lipinski definition) is 1. The molecule has 2 aromatic rings. The molecule has 1 N–H and O–H groups in total. The fourth-order valence-electron chi connectivity index (χ4n) is 3.33. The number of carbonyl (C=O) groups is 1. The second-order valence-corrected chi connectivity index (χ2v) is 6.03. The van der Waals surface area contributed by atoms with Gasteiger partial charge in [-0.3, -0.25) is 0 Å². The molecular weight excluding hydrogens is 344 g/mol. The van der Waals surface area contributed by atoms with E-state index in [1.54, 1.807) is 31.7 Å². The van der Waals surface area contributed by atoms with E-state index >= 15 is 0 Å². The number of benzene rings is 1. The van der Waals surface area contributed by atoms with Gasteiger partial charge in [0.2, 0.25) is 0 Å². The molecule has 7 heteroatoms. The summed E-state index contributed by atoms with van der Waals surface area (Å²) in [5, 5.41) is 13.4. The molecule has 1 aromatic carbocycles. The minimum atomic E-state index is -0.489. The summed E-state index contributed by atoms with van der Waals surface area (Å²) in [7, 11) is 0. The number of rotatable bonds is 5. The smallest absolute Gasteiger partial charge is 0.346 e. The third-order valence-electron chi connectivity index (χ3n) is 4.47. The van der Waals surface area contributed by atoms with Gasteiger partial charge < -0.3 is 14.5 Å². The second-order valence-electron chi connectivity index (χ2n) is 6.03. The van der Waals surface area contributed by atoms with Crippen molar-refractivity contribution in [2.75, 3.05) is 11.9 Å². The normalized spacial score (nSPS) is 19.4. The van der Waals surface area contributed by atoms with E-state index in [0.717, 1.165) is 17.0 Å². The highest BCUT2D eigenvalue weighted by Gasteiger charge is 2.49. The van der Waals surface area contributed by atoms with Crippen molar-refractivity contribution in [2.24, 2.45) is 4.99 Å². The molecular formula is C20H17N4O3+. The summed E-state index contributed by atoms with van der Waals surface area (Å²) in [5.74, 6) is 0.633. The number of hydrogen-bond acceptors (Lipinski definition) is 6. The Labute approximate surface area is 156 Å². The molecule has 0 saturated heterocycles. The van der Waals surface area contributed by atoms with Gasteiger partial charge in [0, 0.05) is 5.56 Å². The van der Waals surface area contributed by atoms with Gasteiger partial charge in [-0.05, 0) is 37.3 Å². The highest BCUT2D eigenvalue weighted by molar-refractivity contribution is 6.30. The molecule has 2 aliphatic rings. The molecule has 7 nitrogen and oxygen atoms in total. The van der Waals surface area contributed by atoms with Gasteiger partial charge in [0.15, 0.2) is 5.69 Å². The van der Waals surface area contributed by atoms with Gasteiger partial charge in [-0.25, -0.2) is 4.79 Å². The second kappa shape index (κ2) is 6.59. The maximum Gasteiger partial charge on any atom is 0.346 e. The zero-order chi connectivity index (χ0) is 18.9. The van der Waals surface area contributed by atoms with E-state index in [-0.39, 0.29) is 11.1 Å². The first-order valence-corrected chi connectivity index (χ1v) is 8.55. The van der Waals surface area contributed by atoms with Crippen LogP contribution in [0.15, 0.2) is 64.0 Å². The number of carbonyl (C=O) groups excluding carboxylic acids is 1. The van der Waals surface area contributed by atoms with Crippen LogP contribution in [0.1, 0.15) is 18.2 Å². The van der Waals surface area contributed by atoms with Crippen molar-refractivity contribution in [3.05, 3.63) is 65.9 Å². The molecule has 0 fully saturated rings. The number of furan rings is 1. The van der Waals surface area contributed by atoms with E-state index in [9.17, 15) is 10.1 Å². The number of ether oxygens (including phenoxy) is 1. The Balaban J connectivity index is 1.83. The van der Waals surface area contributed by atoms with Crippen LogP contribution in [0.2, 0.25) is 0 Å². The van der Waals surface area contributed by atoms with Crippen LogP contribution in [0.3, 0.4) is 0 Å². The van der Waals surface area contributed by atoms with Crippen molar-refractivity contribution in [2.45, 2.75) is 13.5 Å². The largest absolute Gasteiger partial charge is 0.467 e. The third-order valence-corrected chi connectivity index (χ3v) is 4.47. The average Bonchev–Trinajstić information content (AvgIpc) is 3.35. The third kappa shape index (κ3) is 2.63. The summed E-state index contributed by atoms with van der Waals surface area (Å²) in [6.45, 7) is 2.47. The first kappa shape index (κ1) is 16.8. The molecule has 0 spiro atoms. The number of amidine groups is 1. The van der Waals surface area contributed by atoms with Crippen LogP contribution in [0.5, 0.6) is 0 Å². The van der Waals surface area contributed by atoms with Crippen LogP contribution in [-0.4, -0.2) is 18.4 Å². The lowest BCUT2D eigenvalue weighted by Crippen LogP contribution is -2.47. The number of fused-ring (bicyclic) bond motifs is 3. The van der Waals surface area contributed by atoms with Crippen molar-refractivity contribution in [3.8, 4) is 6.19 Å². The Bertz CT molecular complexity index is 1030. The van der Waals surface area contributed by atoms with Crippen LogP contribution in [0, 0.1) is 11.5 Å². The van der Waals surface area contributed by atoms with Crippen molar-refractivity contribution < 1.29 is 13.9 Å². The van der Waals surface area contributed by atoms with Crippen LogP contribution in [0.25, 0.3) is 6.08 Å². The Kier molecular flexibility index (Phi) is 4.11. The van der Waals surface area contributed by atoms with Crippen molar-refractivity contribution in [3.63, 3.8) is 0 Å². The first-order chi connectivity index (χ1) is 13.2. The molecule has 1 atom stereocenters. The van der Waals surface area contributed by atoms with Gasteiger partial charge in [0.25, 0.3) is 5.84 Å². The number of para-hydroxylation sites is 1. The van der Waals surface area contributed by atoms with Crippen molar-refractivity contribution in [1.29, 1.82) is 5.26 Å². The standard InChI is InChI=1S/C20H17N4O3/c1-2-26-20(25)16-11-14-5-3-7-17(23-12-15-6-4-10-27-15)18(14)24(13-21)9-8-22-19(16)24/h3-11,23H,2,12H2,1H3/q+1. The van der Waals surface area contributed by atoms with Gasteiger partial charge in [-0.2, -0.15) is 4.99 Å². The highest BCUT2D eigenvalue weighted by Crippen LogP contribution is 2.44. The number of nitriles is 1. The Hall–Kier alpha value is -3.63. The topological polar surface area (TPSA) is 87.6 Å². The van der Waals surface area contributed by atoms with Gasteiger partial charge >= 0.3 is 12.2 Å².